The number of nitrogens with zero attached hydrogens (tertiary/aromatic N) is 5. The second-order valence-corrected chi connectivity index (χ2v) is 10.2. The van der Waals surface area contributed by atoms with Crippen LogP contribution in [0.1, 0.15) is 39.8 Å². The normalized spacial score (nSPS) is 11.3. The molecule has 3 heterocycles. The zero-order valence-electron chi connectivity index (χ0n) is 23.4. The van der Waals surface area contributed by atoms with E-state index in [2.05, 4.69) is 31.0 Å². The second-order valence-electron chi connectivity index (χ2n) is 10.2. The van der Waals surface area contributed by atoms with Gasteiger partial charge in [0.15, 0.2) is 0 Å². The third-order valence-electron chi connectivity index (χ3n) is 6.60. The number of amides is 2. The van der Waals surface area contributed by atoms with E-state index in [0.29, 0.717) is 39.5 Å². The average molecular weight is 555 g/mol. The highest BCUT2D eigenvalue weighted by Crippen LogP contribution is 2.29. The molecule has 3 N–H and O–H groups in total. The third-order valence-corrected chi connectivity index (χ3v) is 6.60. The highest BCUT2D eigenvalue weighted by atomic mass is 19.1. The minimum atomic E-state index is -0.646. The second kappa shape index (κ2) is 11.2. The first-order valence-electron chi connectivity index (χ1n) is 13.3. The summed E-state index contributed by atoms with van der Waals surface area (Å²) in [6.45, 7) is 7.74. The first kappa shape index (κ1) is 27.5. The van der Waals surface area contributed by atoms with Crippen LogP contribution in [0.4, 0.5) is 26.5 Å². The maximum atomic E-state index is 14.9. The highest BCUT2D eigenvalue weighted by molar-refractivity contribution is 6.02. The summed E-state index contributed by atoms with van der Waals surface area (Å²) in [6.07, 6.45) is 3.37. The summed E-state index contributed by atoms with van der Waals surface area (Å²) in [5, 5.41) is 13.6. The number of nitrogens with one attached hydrogen (secondary N) is 3. The van der Waals surface area contributed by atoms with Gasteiger partial charge in [-0.3, -0.25) is 14.0 Å². The number of carbonyl (C=O) groups is 1. The first-order chi connectivity index (χ1) is 19.7. The van der Waals surface area contributed by atoms with E-state index < -0.39 is 11.8 Å². The number of halogens is 1. The van der Waals surface area contributed by atoms with Crippen LogP contribution in [0.25, 0.3) is 33.4 Å². The van der Waals surface area contributed by atoms with Crippen LogP contribution in [0.3, 0.4) is 0 Å². The van der Waals surface area contributed by atoms with Crippen LogP contribution in [0.2, 0.25) is 0 Å². The summed E-state index contributed by atoms with van der Waals surface area (Å²) in [5.41, 5.74) is 2.81. The van der Waals surface area contributed by atoms with Gasteiger partial charge >= 0.3 is 6.03 Å². The molecule has 0 saturated carbocycles. The van der Waals surface area contributed by atoms with E-state index in [9.17, 15) is 14.0 Å². The number of fused-ring (bicyclic) bond motifs is 1. The number of benzene rings is 2. The largest absolute Gasteiger partial charge is 0.357 e. The predicted molar refractivity (Wildman–Crippen MR) is 160 cm³/mol. The monoisotopic (exact) mass is 554 g/mol. The highest BCUT2D eigenvalue weighted by Gasteiger charge is 2.19. The van der Waals surface area contributed by atoms with Gasteiger partial charge < -0.3 is 16.0 Å². The van der Waals surface area contributed by atoms with Crippen molar-refractivity contribution in [2.24, 2.45) is 0 Å². The molecule has 0 spiro atoms. The molecule has 0 unspecified atom stereocenters. The molecule has 0 radical (unpaired) electrons. The number of rotatable bonds is 7. The molecule has 0 saturated heterocycles. The molecule has 3 aromatic heterocycles. The van der Waals surface area contributed by atoms with Crippen molar-refractivity contribution in [3.8, 4) is 22.4 Å². The average Bonchev–Trinajstić information content (AvgIpc) is 3.38. The Hall–Kier alpha value is -5.06. The Morgan fingerprint density at radius 1 is 0.927 bits per heavy atom. The molecular weight excluding hydrogens is 523 g/mol. The fourth-order valence-corrected chi connectivity index (χ4v) is 4.55. The smallest absolute Gasteiger partial charge is 0.323 e. The van der Waals surface area contributed by atoms with E-state index >= 15 is 0 Å². The van der Waals surface area contributed by atoms with Gasteiger partial charge in [-0.15, -0.1) is 0 Å². The van der Waals surface area contributed by atoms with E-state index in [0.717, 1.165) is 5.56 Å². The van der Waals surface area contributed by atoms with E-state index in [-0.39, 0.29) is 23.3 Å². The molecule has 0 atom stereocenters. The van der Waals surface area contributed by atoms with Crippen molar-refractivity contribution in [3.05, 3.63) is 83.2 Å². The number of urea groups is 1. The molecule has 0 bridgehead atoms. The lowest BCUT2D eigenvalue weighted by Crippen LogP contribution is -2.25. The topological polar surface area (TPSA) is 119 Å². The van der Waals surface area contributed by atoms with Crippen LogP contribution in [0.5, 0.6) is 0 Å². The van der Waals surface area contributed by atoms with Crippen LogP contribution in [-0.4, -0.2) is 37.4 Å². The number of carbonyl (C=O) groups excluding carboxylic acids is 1. The zero-order valence-corrected chi connectivity index (χ0v) is 23.4. The van der Waals surface area contributed by atoms with Crippen molar-refractivity contribution in [1.82, 2.24) is 24.3 Å². The minimum absolute atomic E-state index is 0.0669. The summed E-state index contributed by atoms with van der Waals surface area (Å²) >= 11 is 0. The van der Waals surface area contributed by atoms with Crippen molar-refractivity contribution in [2.45, 2.75) is 39.8 Å². The Morgan fingerprint density at radius 3 is 2.34 bits per heavy atom. The lowest BCUT2D eigenvalue weighted by atomic mass is 10.0. The Morgan fingerprint density at radius 2 is 1.66 bits per heavy atom. The summed E-state index contributed by atoms with van der Waals surface area (Å²) in [7, 11) is 1.70. The zero-order chi connectivity index (χ0) is 29.3. The molecular formula is C30H31FN8O2. The van der Waals surface area contributed by atoms with Gasteiger partial charge in [0.05, 0.1) is 11.4 Å². The molecule has 0 aliphatic heterocycles. The Labute approximate surface area is 236 Å². The number of pyridine rings is 1. The SMILES string of the molecule is CNc1ncc2cc(-c3ccc(F)c(NC(=O)Nc4cn(C(C)C)nc4-c4ccccc4)c3)c(=O)n(C(C)C)c2n1. The summed E-state index contributed by atoms with van der Waals surface area (Å²) in [6, 6.07) is 14.6. The molecule has 0 fully saturated rings. The van der Waals surface area contributed by atoms with E-state index in [4.69, 9.17) is 0 Å². The molecule has 10 nitrogen and oxygen atoms in total. The van der Waals surface area contributed by atoms with Crippen molar-refractivity contribution in [3.63, 3.8) is 0 Å². The lowest BCUT2D eigenvalue weighted by molar-refractivity contribution is 0.262. The maximum Gasteiger partial charge on any atom is 0.323 e. The van der Waals surface area contributed by atoms with E-state index in [1.807, 2.05) is 58.0 Å². The van der Waals surface area contributed by atoms with Crippen LogP contribution in [-0.2, 0) is 0 Å². The molecule has 11 heteroatoms. The fraction of sp³-hybridized carbons (Fsp3) is 0.233. The summed E-state index contributed by atoms with van der Waals surface area (Å²) < 4.78 is 18.2. The maximum absolute atomic E-state index is 14.9. The minimum Gasteiger partial charge on any atom is -0.357 e. The summed E-state index contributed by atoms with van der Waals surface area (Å²) in [5.74, 6) is -0.246. The molecule has 2 amide bonds. The number of hydrogen-bond donors (Lipinski definition) is 3. The summed E-state index contributed by atoms with van der Waals surface area (Å²) in [4.78, 5) is 35.4. The number of hydrogen-bond acceptors (Lipinski definition) is 6. The van der Waals surface area contributed by atoms with Crippen LogP contribution in [0.15, 0.2) is 71.8 Å². The van der Waals surface area contributed by atoms with Crippen LogP contribution < -0.4 is 21.5 Å². The lowest BCUT2D eigenvalue weighted by Gasteiger charge is -2.16. The predicted octanol–water partition coefficient (Wildman–Crippen LogP) is 6.31. The van der Waals surface area contributed by atoms with Gasteiger partial charge in [-0.2, -0.15) is 10.1 Å². The van der Waals surface area contributed by atoms with Gasteiger partial charge in [0.2, 0.25) is 5.95 Å². The van der Waals surface area contributed by atoms with Crippen molar-refractivity contribution >= 4 is 34.4 Å². The Bertz CT molecular complexity index is 1790. The third kappa shape index (κ3) is 5.51. The van der Waals surface area contributed by atoms with Gasteiger partial charge in [-0.05, 0) is 51.5 Å². The first-order valence-corrected chi connectivity index (χ1v) is 13.3. The molecule has 0 aliphatic carbocycles. The molecule has 2 aromatic carbocycles. The Balaban J connectivity index is 1.49. The standard InChI is InChI=1S/C30H31FN8O2/c1-17(2)38-16-25(26(37-38)19-9-7-6-8-10-19)35-30(41)34-24-14-20(11-12-23(24)31)22-13-21-15-33-29(32-5)36-27(21)39(18(3)4)28(22)40/h6-18H,1-5H3,(H,32,33,36)(H2,34,35,41). The van der Waals surface area contributed by atoms with Gasteiger partial charge in [-0.25, -0.2) is 14.2 Å². The number of aromatic nitrogens is 5. The molecule has 210 valence electrons. The Kier molecular flexibility index (Phi) is 7.52. The quantitative estimate of drug-likeness (QED) is 0.217. The molecule has 5 rings (SSSR count). The van der Waals surface area contributed by atoms with Crippen molar-refractivity contribution < 1.29 is 9.18 Å². The molecule has 41 heavy (non-hydrogen) atoms. The van der Waals surface area contributed by atoms with Crippen molar-refractivity contribution in [2.75, 3.05) is 23.0 Å². The van der Waals surface area contributed by atoms with E-state index in [1.165, 1.54) is 18.2 Å². The van der Waals surface area contributed by atoms with Gasteiger partial charge in [0.25, 0.3) is 5.56 Å². The van der Waals surface area contributed by atoms with Gasteiger partial charge in [0, 0.05) is 48.0 Å². The van der Waals surface area contributed by atoms with Gasteiger partial charge in [-0.1, -0.05) is 36.4 Å². The molecule has 5 aromatic rings. The van der Waals surface area contributed by atoms with Crippen molar-refractivity contribution in [1.29, 1.82) is 0 Å². The van der Waals surface area contributed by atoms with Gasteiger partial charge in [0.1, 0.15) is 17.2 Å². The van der Waals surface area contributed by atoms with E-state index in [1.54, 1.807) is 34.8 Å². The van der Waals surface area contributed by atoms with Crippen LogP contribution in [0, 0.1) is 5.82 Å². The van der Waals surface area contributed by atoms with Crippen LogP contribution >= 0.6 is 0 Å². The molecule has 0 aliphatic rings. The number of anilines is 3. The fourth-order valence-electron chi connectivity index (χ4n) is 4.55.